The lowest BCUT2D eigenvalue weighted by atomic mass is 9.86. The molecule has 3 N–H and O–H groups in total. The van der Waals surface area contributed by atoms with Gasteiger partial charge in [0.25, 0.3) is 0 Å². The van der Waals surface area contributed by atoms with Gasteiger partial charge in [0, 0.05) is 24.2 Å². The van der Waals surface area contributed by atoms with Crippen molar-refractivity contribution >= 4 is 11.5 Å². The summed E-state index contributed by atoms with van der Waals surface area (Å²) in [4.78, 5) is 2.46. The molecule has 1 aliphatic rings. The lowest BCUT2D eigenvalue weighted by Gasteiger charge is -2.32. The Bertz CT molecular complexity index is 482. The fourth-order valence-electron chi connectivity index (χ4n) is 2.82. The van der Waals surface area contributed by atoms with Crippen LogP contribution in [0.1, 0.15) is 38.7 Å². The molecular formula is C16H25N3O. The third-order valence-electron chi connectivity index (χ3n) is 4.24. The van der Waals surface area contributed by atoms with Crippen molar-refractivity contribution in [3.8, 4) is 0 Å². The molecule has 4 heteroatoms. The average Bonchev–Trinajstić information content (AvgIpc) is 2.46. The molecule has 1 aromatic carbocycles. The second-order valence-corrected chi connectivity index (χ2v) is 6.19. The Morgan fingerprint density at radius 3 is 2.90 bits per heavy atom. The maximum atomic E-state index is 8.80. The lowest BCUT2D eigenvalue weighted by molar-refractivity contribution is 0.304. The molecular weight excluding hydrogens is 250 g/mol. The fourth-order valence-corrected chi connectivity index (χ4v) is 2.82. The van der Waals surface area contributed by atoms with Gasteiger partial charge in [-0.2, -0.15) is 0 Å². The predicted molar refractivity (Wildman–Crippen MR) is 83.4 cm³/mol. The van der Waals surface area contributed by atoms with Crippen LogP contribution in [0, 0.1) is 5.41 Å². The zero-order chi connectivity index (χ0) is 14.6. The minimum Gasteiger partial charge on any atom is -0.409 e. The van der Waals surface area contributed by atoms with Gasteiger partial charge in [-0.3, -0.25) is 0 Å². The molecule has 0 bridgehead atoms. The van der Waals surface area contributed by atoms with E-state index in [1.54, 1.807) is 0 Å². The normalized spacial score (nSPS) is 16.1. The molecule has 0 unspecified atom stereocenters. The molecule has 20 heavy (non-hydrogen) atoms. The Hall–Kier alpha value is -1.71. The molecule has 1 heterocycles. The quantitative estimate of drug-likeness (QED) is 0.376. The molecule has 0 radical (unpaired) electrons. The Balaban J connectivity index is 1.93. The fraction of sp³-hybridized carbons (Fsp3) is 0.562. The summed E-state index contributed by atoms with van der Waals surface area (Å²) in [6, 6.07) is 8.66. The highest BCUT2D eigenvalue weighted by atomic mass is 16.4. The van der Waals surface area contributed by atoms with E-state index in [1.165, 1.54) is 24.1 Å². The summed E-state index contributed by atoms with van der Waals surface area (Å²) in [6.45, 7) is 6.19. The summed E-state index contributed by atoms with van der Waals surface area (Å²) in [6.07, 6.45) is 4.36. The van der Waals surface area contributed by atoms with Crippen LogP contribution in [-0.2, 0) is 6.42 Å². The Labute approximate surface area is 121 Å². The van der Waals surface area contributed by atoms with Crippen molar-refractivity contribution in [1.82, 2.24) is 0 Å². The van der Waals surface area contributed by atoms with Crippen LogP contribution >= 0.6 is 0 Å². The van der Waals surface area contributed by atoms with Crippen LogP contribution in [0.15, 0.2) is 29.4 Å². The summed E-state index contributed by atoms with van der Waals surface area (Å²) in [5.74, 6) is 0.316. The molecule has 0 aliphatic carbocycles. The number of nitrogens with zero attached hydrogens (tertiary/aromatic N) is 2. The van der Waals surface area contributed by atoms with Crippen molar-refractivity contribution in [3.63, 3.8) is 0 Å². The zero-order valence-corrected chi connectivity index (χ0v) is 12.5. The van der Waals surface area contributed by atoms with E-state index in [0.717, 1.165) is 25.9 Å². The highest BCUT2D eigenvalue weighted by Gasteiger charge is 2.24. The summed E-state index contributed by atoms with van der Waals surface area (Å²) in [5, 5.41) is 11.9. The van der Waals surface area contributed by atoms with Crippen molar-refractivity contribution in [2.24, 2.45) is 16.3 Å². The summed E-state index contributed by atoms with van der Waals surface area (Å²) in [5.41, 5.74) is 8.32. The average molecular weight is 275 g/mol. The first-order valence-electron chi connectivity index (χ1n) is 7.35. The standard InChI is InChI=1S/C16H25N3O/c1-16(2,15(17)18-20)10-6-12-19-11-5-8-13-7-3-4-9-14(13)19/h3-4,7,9,20H,5-6,8,10-12H2,1-2H3,(H2,17,18). The van der Waals surface area contributed by atoms with Crippen molar-refractivity contribution < 1.29 is 5.21 Å². The number of aryl methyl sites for hydroxylation is 1. The first kappa shape index (κ1) is 14.7. The maximum absolute atomic E-state index is 8.80. The predicted octanol–water partition coefficient (Wildman–Crippen LogP) is 2.99. The molecule has 0 atom stereocenters. The first-order valence-corrected chi connectivity index (χ1v) is 7.35. The van der Waals surface area contributed by atoms with E-state index in [1.807, 2.05) is 13.8 Å². The zero-order valence-electron chi connectivity index (χ0n) is 12.5. The van der Waals surface area contributed by atoms with Crippen molar-refractivity contribution in [1.29, 1.82) is 0 Å². The molecule has 0 fully saturated rings. The van der Waals surface area contributed by atoms with Gasteiger partial charge in [0.2, 0.25) is 0 Å². The van der Waals surface area contributed by atoms with Gasteiger partial charge < -0.3 is 15.8 Å². The number of rotatable bonds is 5. The number of hydrogen-bond donors (Lipinski definition) is 2. The minimum atomic E-state index is -0.246. The third kappa shape index (κ3) is 3.24. The molecule has 110 valence electrons. The van der Waals surface area contributed by atoms with Crippen LogP contribution < -0.4 is 10.6 Å². The SMILES string of the molecule is CC(C)(CCCN1CCCc2ccccc21)C(N)=NO. The first-order chi connectivity index (χ1) is 9.54. The minimum absolute atomic E-state index is 0.246. The summed E-state index contributed by atoms with van der Waals surface area (Å²) >= 11 is 0. The Morgan fingerprint density at radius 2 is 2.15 bits per heavy atom. The second kappa shape index (κ2) is 6.16. The van der Waals surface area contributed by atoms with E-state index in [2.05, 4.69) is 34.3 Å². The van der Waals surface area contributed by atoms with Crippen molar-refractivity contribution in [2.75, 3.05) is 18.0 Å². The van der Waals surface area contributed by atoms with Gasteiger partial charge in [-0.15, -0.1) is 0 Å². The Kier molecular flexibility index (Phi) is 4.53. The summed E-state index contributed by atoms with van der Waals surface area (Å²) in [7, 11) is 0. The van der Waals surface area contributed by atoms with Crippen LogP contribution in [-0.4, -0.2) is 24.1 Å². The van der Waals surface area contributed by atoms with Gasteiger partial charge in [-0.25, -0.2) is 0 Å². The van der Waals surface area contributed by atoms with Gasteiger partial charge in [0.15, 0.2) is 0 Å². The molecule has 0 amide bonds. The molecule has 1 aliphatic heterocycles. The summed E-state index contributed by atoms with van der Waals surface area (Å²) < 4.78 is 0. The third-order valence-corrected chi connectivity index (χ3v) is 4.24. The van der Waals surface area contributed by atoms with E-state index >= 15 is 0 Å². The van der Waals surface area contributed by atoms with Crippen LogP contribution in [0.4, 0.5) is 5.69 Å². The van der Waals surface area contributed by atoms with E-state index in [9.17, 15) is 0 Å². The van der Waals surface area contributed by atoms with Gasteiger partial charge >= 0.3 is 0 Å². The monoisotopic (exact) mass is 275 g/mol. The van der Waals surface area contributed by atoms with E-state index in [-0.39, 0.29) is 5.41 Å². The van der Waals surface area contributed by atoms with E-state index in [4.69, 9.17) is 10.9 Å². The number of para-hydroxylation sites is 1. The van der Waals surface area contributed by atoms with Gasteiger partial charge in [0.1, 0.15) is 5.84 Å². The number of anilines is 1. The van der Waals surface area contributed by atoms with Crippen molar-refractivity contribution in [2.45, 2.75) is 39.5 Å². The topological polar surface area (TPSA) is 61.8 Å². The number of hydrogen-bond acceptors (Lipinski definition) is 3. The number of fused-ring (bicyclic) bond motifs is 1. The van der Waals surface area contributed by atoms with Gasteiger partial charge in [-0.05, 0) is 37.3 Å². The van der Waals surface area contributed by atoms with E-state index < -0.39 is 0 Å². The van der Waals surface area contributed by atoms with Gasteiger partial charge in [0.05, 0.1) is 0 Å². The van der Waals surface area contributed by atoms with Crippen LogP contribution in [0.2, 0.25) is 0 Å². The smallest absolute Gasteiger partial charge is 0.144 e. The van der Waals surface area contributed by atoms with Crippen LogP contribution in [0.5, 0.6) is 0 Å². The van der Waals surface area contributed by atoms with Gasteiger partial charge in [-0.1, -0.05) is 37.2 Å². The number of amidine groups is 1. The van der Waals surface area contributed by atoms with E-state index in [0.29, 0.717) is 5.84 Å². The Morgan fingerprint density at radius 1 is 1.40 bits per heavy atom. The number of nitrogens with two attached hydrogens (primary N) is 1. The number of benzene rings is 1. The molecule has 0 spiro atoms. The van der Waals surface area contributed by atoms with Crippen LogP contribution in [0.3, 0.4) is 0 Å². The molecule has 1 aromatic rings. The largest absolute Gasteiger partial charge is 0.409 e. The second-order valence-electron chi connectivity index (χ2n) is 6.19. The van der Waals surface area contributed by atoms with Crippen LogP contribution in [0.25, 0.3) is 0 Å². The lowest BCUT2D eigenvalue weighted by Crippen LogP contribution is -2.34. The maximum Gasteiger partial charge on any atom is 0.144 e. The number of oxime groups is 1. The molecule has 0 saturated heterocycles. The highest BCUT2D eigenvalue weighted by Crippen LogP contribution is 2.28. The molecule has 0 saturated carbocycles. The molecule has 4 nitrogen and oxygen atoms in total. The molecule has 2 rings (SSSR count). The highest BCUT2D eigenvalue weighted by molar-refractivity contribution is 5.85. The molecule has 0 aromatic heterocycles. The van der Waals surface area contributed by atoms with Crippen molar-refractivity contribution in [3.05, 3.63) is 29.8 Å².